The molecule has 1 aromatic rings. The molecule has 1 aliphatic heterocycles. The molecular weight excluding hydrogens is 248 g/mol. The number of hydrogen-bond acceptors (Lipinski definition) is 3. The molecule has 1 saturated heterocycles. The van der Waals surface area contributed by atoms with Gasteiger partial charge in [-0.15, -0.1) is 11.8 Å². The fourth-order valence-electron chi connectivity index (χ4n) is 2.07. The topological polar surface area (TPSA) is 46.5 Å². The smallest absolute Gasteiger partial charge is 0.335 e. The maximum absolute atomic E-state index is 10.7. The van der Waals surface area contributed by atoms with Gasteiger partial charge in [-0.1, -0.05) is 0 Å². The molecule has 0 saturated carbocycles. The van der Waals surface area contributed by atoms with Crippen LogP contribution in [0.4, 0.5) is 0 Å². The molecule has 1 aliphatic rings. The van der Waals surface area contributed by atoms with Crippen LogP contribution in [0.3, 0.4) is 0 Å². The zero-order valence-corrected chi connectivity index (χ0v) is 11.1. The zero-order chi connectivity index (χ0) is 12.8. The lowest BCUT2D eigenvalue weighted by Crippen LogP contribution is -2.04. The highest BCUT2D eigenvalue weighted by Gasteiger charge is 2.14. The Kier molecular flexibility index (Phi) is 5.08. The lowest BCUT2D eigenvalue weighted by molar-refractivity contribution is 0.0697. The molecule has 0 spiro atoms. The minimum atomic E-state index is -0.870. The normalized spacial score (nSPS) is 19.0. The molecule has 1 N–H and O–H groups in total. The van der Waals surface area contributed by atoms with Crippen molar-refractivity contribution in [3.8, 4) is 0 Å². The highest BCUT2D eigenvalue weighted by Crippen LogP contribution is 2.22. The molecule has 1 fully saturated rings. The number of ether oxygens (including phenoxy) is 1. The maximum atomic E-state index is 10.7. The molecule has 1 atom stereocenters. The molecule has 1 heterocycles. The Labute approximate surface area is 112 Å². The molecule has 18 heavy (non-hydrogen) atoms. The molecule has 1 unspecified atom stereocenters. The second-order valence-electron chi connectivity index (χ2n) is 4.46. The van der Waals surface area contributed by atoms with Gasteiger partial charge in [-0.3, -0.25) is 0 Å². The monoisotopic (exact) mass is 266 g/mol. The summed E-state index contributed by atoms with van der Waals surface area (Å²) >= 11 is 1.78. The predicted octanol–water partition coefficient (Wildman–Crippen LogP) is 3.44. The summed E-state index contributed by atoms with van der Waals surface area (Å²) in [6.07, 6.45) is 5.17. The molecule has 0 amide bonds. The second-order valence-corrected chi connectivity index (χ2v) is 5.62. The van der Waals surface area contributed by atoms with Gasteiger partial charge in [-0.25, -0.2) is 4.79 Å². The molecule has 3 nitrogen and oxygen atoms in total. The van der Waals surface area contributed by atoms with Gasteiger partial charge in [0.2, 0.25) is 0 Å². The third kappa shape index (κ3) is 4.03. The van der Waals surface area contributed by atoms with Crippen LogP contribution in [0.2, 0.25) is 0 Å². The predicted molar refractivity (Wildman–Crippen MR) is 72.3 cm³/mol. The van der Waals surface area contributed by atoms with Crippen molar-refractivity contribution in [1.29, 1.82) is 0 Å². The number of thioether (sulfide) groups is 1. The van der Waals surface area contributed by atoms with E-state index in [2.05, 4.69) is 0 Å². The Bertz CT molecular complexity index is 383. The minimum absolute atomic E-state index is 0.346. The molecule has 2 rings (SSSR count). The van der Waals surface area contributed by atoms with E-state index in [0.717, 1.165) is 30.1 Å². The first-order chi connectivity index (χ1) is 8.75. The number of aromatic carboxylic acids is 1. The fraction of sp³-hybridized carbons (Fsp3) is 0.500. The molecule has 1 aromatic carbocycles. The van der Waals surface area contributed by atoms with Crippen LogP contribution >= 0.6 is 11.8 Å². The quantitative estimate of drug-likeness (QED) is 0.633. The third-order valence-electron chi connectivity index (χ3n) is 3.06. The van der Waals surface area contributed by atoms with Gasteiger partial charge in [0.15, 0.2) is 0 Å². The van der Waals surface area contributed by atoms with Crippen LogP contribution in [0.15, 0.2) is 29.2 Å². The van der Waals surface area contributed by atoms with Gasteiger partial charge < -0.3 is 9.84 Å². The van der Waals surface area contributed by atoms with Gasteiger partial charge in [0.25, 0.3) is 0 Å². The van der Waals surface area contributed by atoms with Crippen molar-refractivity contribution in [2.75, 3.05) is 12.4 Å². The van der Waals surface area contributed by atoms with Gasteiger partial charge in [0, 0.05) is 11.5 Å². The van der Waals surface area contributed by atoms with E-state index >= 15 is 0 Å². The second kappa shape index (κ2) is 6.81. The summed E-state index contributed by atoms with van der Waals surface area (Å²) in [5.74, 6) is 0.191. The minimum Gasteiger partial charge on any atom is -0.478 e. The van der Waals surface area contributed by atoms with Crippen LogP contribution in [-0.2, 0) is 4.74 Å². The van der Waals surface area contributed by atoms with E-state index in [1.165, 1.54) is 12.8 Å². The SMILES string of the molecule is O=C(O)c1ccc(SCCCC2CCCO2)cc1. The summed E-state index contributed by atoms with van der Waals surface area (Å²) in [7, 11) is 0. The standard InChI is InChI=1S/C14H18O3S/c15-14(16)11-5-7-13(8-6-11)18-10-2-4-12-3-1-9-17-12/h5-8,12H,1-4,9-10H2,(H,15,16). The maximum Gasteiger partial charge on any atom is 0.335 e. The molecule has 0 aromatic heterocycles. The Morgan fingerprint density at radius 3 is 2.78 bits per heavy atom. The van der Waals surface area contributed by atoms with E-state index in [1.54, 1.807) is 23.9 Å². The number of carboxylic acid groups (broad SMARTS) is 1. The van der Waals surface area contributed by atoms with Gasteiger partial charge in [-0.05, 0) is 55.7 Å². The number of benzene rings is 1. The van der Waals surface area contributed by atoms with Crippen molar-refractivity contribution >= 4 is 17.7 Å². The summed E-state index contributed by atoms with van der Waals surface area (Å²) in [6.45, 7) is 0.925. The van der Waals surface area contributed by atoms with Crippen LogP contribution in [0, 0.1) is 0 Å². The van der Waals surface area contributed by atoms with Gasteiger partial charge in [0.1, 0.15) is 0 Å². The average Bonchev–Trinajstić information content (AvgIpc) is 2.88. The van der Waals surface area contributed by atoms with Crippen molar-refractivity contribution < 1.29 is 14.6 Å². The summed E-state index contributed by atoms with van der Waals surface area (Å²) in [5.41, 5.74) is 0.346. The van der Waals surface area contributed by atoms with Crippen molar-refractivity contribution in [3.63, 3.8) is 0 Å². The number of rotatable bonds is 6. The summed E-state index contributed by atoms with van der Waals surface area (Å²) in [4.78, 5) is 11.8. The average molecular weight is 266 g/mol. The molecule has 0 aliphatic carbocycles. The summed E-state index contributed by atoms with van der Waals surface area (Å²) < 4.78 is 5.57. The van der Waals surface area contributed by atoms with Crippen molar-refractivity contribution in [1.82, 2.24) is 0 Å². The van der Waals surface area contributed by atoms with Crippen molar-refractivity contribution in [2.45, 2.75) is 36.7 Å². The van der Waals surface area contributed by atoms with Crippen LogP contribution < -0.4 is 0 Å². The Morgan fingerprint density at radius 2 is 2.17 bits per heavy atom. The summed E-state index contributed by atoms with van der Waals surface area (Å²) in [6, 6.07) is 7.07. The first-order valence-corrected chi connectivity index (χ1v) is 7.32. The van der Waals surface area contributed by atoms with Gasteiger partial charge in [0.05, 0.1) is 11.7 Å². The molecule has 4 heteroatoms. The number of carbonyl (C=O) groups is 1. The van der Waals surface area contributed by atoms with E-state index in [-0.39, 0.29) is 0 Å². The first-order valence-electron chi connectivity index (χ1n) is 6.33. The van der Waals surface area contributed by atoms with E-state index in [4.69, 9.17) is 9.84 Å². The highest BCUT2D eigenvalue weighted by atomic mass is 32.2. The molecule has 0 bridgehead atoms. The van der Waals surface area contributed by atoms with Crippen molar-refractivity contribution in [3.05, 3.63) is 29.8 Å². The van der Waals surface area contributed by atoms with Crippen LogP contribution in [0.1, 0.15) is 36.0 Å². The van der Waals surface area contributed by atoms with E-state index in [0.29, 0.717) is 11.7 Å². The van der Waals surface area contributed by atoms with Crippen LogP contribution in [0.25, 0.3) is 0 Å². The van der Waals surface area contributed by atoms with Crippen LogP contribution in [0.5, 0.6) is 0 Å². The summed E-state index contributed by atoms with van der Waals surface area (Å²) in [5, 5.41) is 8.79. The zero-order valence-electron chi connectivity index (χ0n) is 10.3. The van der Waals surface area contributed by atoms with Crippen LogP contribution in [-0.4, -0.2) is 29.5 Å². The van der Waals surface area contributed by atoms with Gasteiger partial charge >= 0.3 is 5.97 Å². The van der Waals surface area contributed by atoms with E-state index in [1.807, 2.05) is 12.1 Å². The first kappa shape index (κ1) is 13.4. The largest absolute Gasteiger partial charge is 0.478 e. The lowest BCUT2D eigenvalue weighted by atomic mass is 10.1. The number of hydrogen-bond donors (Lipinski definition) is 1. The Hall–Kier alpha value is -1.00. The Morgan fingerprint density at radius 1 is 1.39 bits per heavy atom. The highest BCUT2D eigenvalue weighted by molar-refractivity contribution is 7.99. The Balaban J connectivity index is 1.68. The van der Waals surface area contributed by atoms with Gasteiger partial charge in [-0.2, -0.15) is 0 Å². The van der Waals surface area contributed by atoms with E-state index < -0.39 is 5.97 Å². The molecule has 0 radical (unpaired) electrons. The van der Waals surface area contributed by atoms with E-state index in [9.17, 15) is 4.79 Å². The lowest BCUT2D eigenvalue weighted by Gasteiger charge is -2.08. The molecular formula is C14H18O3S. The molecule has 98 valence electrons. The third-order valence-corrected chi connectivity index (χ3v) is 4.16. The fourth-order valence-corrected chi connectivity index (χ4v) is 2.94. The van der Waals surface area contributed by atoms with Crippen molar-refractivity contribution in [2.24, 2.45) is 0 Å². The number of carboxylic acids is 1.